The van der Waals surface area contributed by atoms with Crippen LogP contribution in [0.5, 0.6) is 0 Å². The number of aryl methyl sites for hydroxylation is 1. The van der Waals surface area contributed by atoms with Gasteiger partial charge in [-0.1, -0.05) is 6.07 Å². The number of fused-ring (bicyclic) bond motifs is 1. The molecule has 3 amide bonds. The Hall–Kier alpha value is -2.78. The van der Waals surface area contributed by atoms with Crippen LogP contribution in [0.4, 0.5) is 23.7 Å². The fourth-order valence-corrected chi connectivity index (χ4v) is 4.01. The van der Waals surface area contributed by atoms with E-state index < -0.39 is 35.9 Å². The summed E-state index contributed by atoms with van der Waals surface area (Å²) in [6.45, 7) is 5.58. The summed E-state index contributed by atoms with van der Waals surface area (Å²) in [6, 6.07) is 3.75. The molecule has 10 heteroatoms. The van der Waals surface area contributed by atoms with Gasteiger partial charge < -0.3 is 19.9 Å². The van der Waals surface area contributed by atoms with E-state index in [4.69, 9.17) is 4.74 Å². The number of rotatable bonds is 3. The summed E-state index contributed by atoms with van der Waals surface area (Å²) in [6.07, 6.45) is -4.28. The highest BCUT2D eigenvalue weighted by molar-refractivity contribution is 6.01. The first-order valence-corrected chi connectivity index (χ1v) is 10.1. The third-order valence-corrected chi connectivity index (χ3v) is 5.41. The number of alkyl halides is 3. The van der Waals surface area contributed by atoms with Crippen molar-refractivity contribution < 1.29 is 32.3 Å². The van der Waals surface area contributed by atoms with E-state index in [0.717, 1.165) is 17.5 Å². The van der Waals surface area contributed by atoms with Crippen molar-refractivity contribution in [1.29, 1.82) is 0 Å². The van der Waals surface area contributed by atoms with Gasteiger partial charge in [0.15, 0.2) is 0 Å². The lowest BCUT2D eigenvalue weighted by Gasteiger charge is -2.26. The van der Waals surface area contributed by atoms with Gasteiger partial charge in [-0.05, 0) is 63.3 Å². The van der Waals surface area contributed by atoms with Crippen molar-refractivity contribution in [3.05, 3.63) is 29.3 Å². The molecule has 3 rings (SSSR count). The van der Waals surface area contributed by atoms with E-state index in [-0.39, 0.29) is 5.91 Å². The molecule has 0 bridgehead atoms. The predicted molar refractivity (Wildman–Crippen MR) is 106 cm³/mol. The fourth-order valence-electron chi connectivity index (χ4n) is 4.01. The Morgan fingerprint density at radius 2 is 1.87 bits per heavy atom. The van der Waals surface area contributed by atoms with Crippen LogP contribution in [0.25, 0.3) is 0 Å². The Bertz CT molecular complexity index is 895. The molecule has 7 nitrogen and oxygen atoms in total. The van der Waals surface area contributed by atoms with Gasteiger partial charge in [0.2, 0.25) is 5.91 Å². The van der Waals surface area contributed by atoms with Gasteiger partial charge in [-0.25, -0.2) is 4.79 Å². The lowest BCUT2D eigenvalue weighted by Crippen LogP contribution is -2.43. The molecule has 2 atom stereocenters. The average molecular weight is 441 g/mol. The summed E-state index contributed by atoms with van der Waals surface area (Å²) < 4.78 is 43.5. The molecule has 31 heavy (non-hydrogen) atoms. The van der Waals surface area contributed by atoms with E-state index in [1.54, 1.807) is 43.9 Å². The van der Waals surface area contributed by atoms with Crippen molar-refractivity contribution in [2.45, 2.75) is 63.9 Å². The highest BCUT2D eigenvalue weighted by Gasteiger charge is 2.44. The maximum Gasteiger partial charge on any atom is 0.471 e. The summed E-state index contributed by atoms with van der Waals surface area (Å²) in [7, 11) is 1.15. The number of ether oxygens (including phenoxy) is 1. The minimum Gasteiger partial charge on any atom is -0.444 e. The van der Waals surface area contributed by atoms with Crippen LogP contribution in [-0.2, 0) is 20.7 Å². The summed E-state index contributed by atoms with van der Waals surface area (Å²) in [5.41, 5.74) is 1.39. The van der Waals surface area contributed by atoms with Gasteiger partial charge >= 0.3 is 18.2 Å². The average Bonchev–Trinajstić information content (AvgIpc) is 3.21. The monoisotopic (exact) mass is 441 g/mol. The molecule has 1 aliphatic carbocycles. The second-order valence-electron chi connectivity index (χ2n) is 8.83. The molecule has 0 saturated carbocycles. The minimum atomic E-state index is -4.92. The van der Waals surface area contributed by atoms with Gasteiger partial charge in [0.05, 0.1) is 6.04 Å². The second kappa shape index (κ2) is 8.05. The molecule has 170 valence electrons. The molecule has 0 radical (unpaired) electrons. The van der Waals surface area contributed by atoms with Crippen LogP contribution in [0.15, 0.2) is 18.2 Å². The summed E-state index contributed by atoms with van der Waals surface area (Å²) in [5, 5.41) is 2.58. The van der Waals surface area contributed by atoms with Crippen molar-refractivity contribution in [3.63, 3.8) is 0 Å². The van der Waals surface area contributed by atoms with E-state index in [1.165, 1.54) is 0 Å². The number of hydrogen-bond acceptors (Lipinski definition) is 4. The maximum absolute atomic E-state index is 12.8. The van der Waals surface area contributed by atoms with Gasteiger partial charge in [0.25, 0.3) is 0 Å². The molecular formula is C21H26F3N3O4. The van der Waals surface area contributed by atoms with Crippen LogP contribution in [-0.4, -0.2) is 54.2 Å². The lowest BCUT2D eigenvalue weighted by molar-refractivity contribution is -0.186. The van der Waals surface area contributed by atoms with Crippen LogP contribution < -0.4 is 10.2 Å². The highest BCUT2D eigenvalue weighted by atomic mass is 19.4. The third kappa shape index (κ3) is 4.94. The first-order chi connectivity index (χ1) is 14.3. The van der Waals surface area contributed by atoms with Crippen LogP contribution in [0, 0.1) is 0 Å². The van der Waals surface area contributed by atoms with Crippen LogP contribution in [0.1, 0.15) is 50.8 Å². The Balaban J connectivity index is 1.70. The molecule has 0 spiro atoms. The quantitative estimate of drug-likeness (QED) is 0.781. The van der Waals surface area contributed by atoms with E-state index in [1.807, 2.05) is 0 Å². The zero-order valence-electron chi connectivity index (χ0n) is 17.9. The standard InChI is InChI=1S/C21H26F3N3O4/c1-20(2,3)31-19(30)25-15-9-10-27(17(15)28)13-6-7-14-12(11-13)5-8-16(14)26(4)18(29)21(22,23)24/h6-7,11,15-16H,5,8-10H2,1-4H3,(H,25,30)/t15-,16?/m0/s1. The van der Waals surface area contributed by atoms with Crippen LogP contribution >= 0.6 is 0 Å². The Morgan fingerprint density at radius 3 is 2.48 bits per heavy atom. The summed E-state index contributed by atoms with van der Waals surface area (Å²) in [5.74, 6) is -2.15. The van der Waals surface area contributed by atoms with Crippen molar-refractivity contribution in [3.8, 4) is 0 Å². The first-order valence-electron chi connectivity index (χ1n) is 10.1. The normalized spacial score (nSPS) is 21.1. The number of alkyl carbamates (subject to hydrolysis) is 1. The van der Waals surface area contributed by atoms with Crippen molar-refractivity contribution >= 4 is 23.6 Å². The Labute approximate surface area is 178 Å². The van der Waals surface area contributed by atoms with Gasteiger partial charge in [0, 0.05) is 19.3 Å². The maximum atomic E-state index is 12.8. The number of carbonyl (C=O) groups excluding carboxylic acids is 3. The summed E-state index contributed by atoms with van der Waals surface area (Å²) in [4.78, 5) is 38.6. The zero-order chi connectivity index (χ0) is 23.1. The largest absolute Gasteiger partial charge is 0.471 e. The van der Waals surface area contributed by atoms with Gasteiger partial charge in [0.1, 0.15) is 11.6 Å². The highest BCUT2D eigenvalue weighted by Crippen LogP contribution is 2.39. The van der Waals surface area contributed by atoms with Gasteiger partial charge in [-0.15, -0.1) is 0 Å². The lowest BCUT2D eigenvalue weighted by atomic mass is 10.1. The molecule has 1 saturated heterocycles. The number of nitrogens with one attached hydrogen (secondary N) is 1. The van der Waals surface area contributed by atoms with E-state index in [2.05, 4.69) is 5.32 Å². The second-order valence-corrected chi connectivity index (χ2v) is 8.83. The zero-order valence-corrected chi connectivity index (χ0v) is 17.9. The molecule has 2 aliphatic rings. The SMILES string of the molecule is CN(C(=O)C(F)(F)F)C1CCc2cc(N3CC[C@H](NC(=O)OC(C)(C)C)C3=O)ccc21. The fraction of sp³-hybridized carbons (Fsp3) is 0.571. The molecule has 1 fully saturated rings. The number of benzene rings is 1. The van der Waals surface area contributed by atoms with Crippen molar-refractivity contribution in [1.82, 2.24) is 10.2 Å². The van der Waals surface area contributed by atoms with Crippen LogP contribution in [0.3, 0.4) is 0 Å². The molecule has 1 N–H and O–H groups in total. The number of nitrogens with zero attached hydrogens (tertiary/aromatic N) is 2. The topological polar surface area (TPSA) is 79.0 Å². The Morgan fingerprint density at radius 1 is 1.19 bits per heavy atom. The third-order valence-electron chi connectivity index (χ3n) is 5.41. The van der Waals surface area contributed by atoms with E-state index >= 15 is 0 Å². The van der Waals surface area contributed by atoms with Gasteiger partial charge in [-0.2, -0.15) is 13.2 Å². The first kappa shape index (κ1) is 22.9. The van der Waals surface area contributed by atoms with Gasteiger partial charge in [-0.3, -0.25) is 9.59 Å². The smallest absolute Gasteiger partial charge is 0.444 e. The predicted octanol–water partition coefficient (Wildman–Crippen LogP) is 3.32. The van der Waals surface area contributed by atoms with E-state index in [9.17, 15) is 27.6 Å². The number of hydrogen-bond donors (Lipinski definition) is 1. The van der Waals surface area contributed by atoms with Crippen molar-refractivity contribution in [2.24, 2.45) is 0 Å². The number of amides is 3. The minimum absolute atomic E-state index is 0.273. The number of anilines is 1. The molecule has 1 heterocycles. The van der Waals surface area contributed by atoms with E-state index in [0.29, 0.717) is 37.1 Å². The Kier molecular flexibility index (Phi) is 5.94. The van der Waals surface area contributed by atoms with Crippen molar-refractivity contribution in [2.75, 3.05) is 18.5 Å². The number of carbonyl (C=O) groups is 3. The molecule has 0 aromatic heterocycles. The van der Waals surface area contributed by atoms with Crippen LogP contribution in [0.2, 0.25) is 0 Å². The molecule has 1 unspecified atom stereocenters. The molecular weight excluding hydrogens is 415 g/mol. The summed E-state index contributed by atoms with van der Waals surface area (Å²) >= 11 is 0. The molecule has 1 aliphatic heterocycles. The molecule has 1 aromatic carbocycles. The number of halogens is 3. The molecule has 1 aromatic rings.